The number of ether oxygens (including phenoxy) is 1. The highest BCUT2D eigenvalue weighted by Crippen LogP contribution is 2.34. The van der Waals surface area contributed by atoms with Crippen molar-refractivity contribution < 1.29 is 9.53 Å². The zero-order chi connectivity index (χ0) is 17.4. The van der Waals surface area contributed by atoms with E-state index in [1.54, 1.807) is 4.68 Å². The van der Waals surface area contributed by atoms with E-state index < -0.39 is 0 Å². The number of nitrogens with one attached hydrogen (secondary N) is 2. The van der Waals surface area contributed by atoms with Crippen LogP contribution in [0.1, 0.15) is 11.5 Å². The summed E-state index contributed by atoms with van der Waals surface area (Å²) in [4.78, 5) is 15.0. The van der Waals surface area contributed by atoms with Crippen molar-refractivity contribution in [2.24, 2.45) is 13.0 Å². The molecule has 7 nitrogen and oxygen atoms in total. The summed E-state index contributed by atoms with van der Waals surface area (Å²) in [6, 6.07) is 5.80. The normalized spacial score (nSPS) is 22.4. The Balaban J connectivity index is 1.51. The third kappa shape index (κ3) is 3.07. The molecule has 2 aliphatic heterocycles. The van der Waals surface area contributed by atoms with Crippen LogP contribution in [0.15, 0.2) is 30.6 Å². The van der Waals surface area contributed by atoms with Gasteiger partial charge in [0.2, 0.25) is 5.91 Å². The quantitative estimate of drug-likeness (QED) is 0.878. The Labute approximate surface area is 147 Å². The van der Waals surface area contributed by atoms with Crippen LogP contribution >= 0.6 is 0 Å². The molecule has 25 heavy (non-hydrogen) atoms. The number of anilines is 2. The summed E-state index contributed by atoms with van der Waals surface area (Å²) in [5.74, 6) is 0.951. The number of carbonyl (C=O) groups is 1. The Morgan fingerprint density at radius 1 is 1.36 bits per heavy atom. The summed E-state index contributed by atoms with van der Waals surface area (Å²) >= 11 is 0. The number of amides is 1. The first kappa shape index (κ1) is 16.0. The van der Waals surface area contributed by atoms with E-state index in [0.29, 0.717) is 13.2 Å². The lowest BCUT2D eigenvalue weighted by atomic mass is 9.90. The average Bonchev–Trinajstić information content (AvgIpc) is 3.24. The van der Waals surface area contributed by atoms with E-state index in [9.17, 15) is 4.79 Å². The summed E-state index contributed by atoms with van der Waals surface area (Å²) in [5.41, 5.74) is 2.92. The van der Waals surface area contributed by atoms with Crippen LogP contribution in [0.3, 0.4) is 0 Å². The summed E-state index contributed by atoms with van der Waals surface area (Å²) in [6.07, 6.45) is 3.84. The molecule has 1 saturated heterocycles. The molecular formula is C18H23N5O2. The topological polar surface area (TPSA) is 71.4 Å². The number of nitrogens with zero attached hydrogens (tertiary/aromatic N) is 3. The zero-order valence-electron chi connectivity index (χ0n) is 14.5. The van der Waals surface area contributed by atoms with Crippen LogP contribution in [0.2, 0.25) is 0 Å². The molecule has 0 aliphatic carbocycles. The van der Waals surface area contributed by atoms with Gasteiger partial charge in [0, 0.05) is 45.0 Å². The van der Waals surface area contributed by atoms with Crippen LogP contribution in [0.4, 0.5) is 11.4 Å². The van der Waals surface area contributed by atoms with Crippen molar-refractivity contribution in [1.82, 2.24) is 15.1 Å². The highest BCUT2D eigenvalue weighted by Gasteiger charge is 2.34. The van der Waals surface area contributed by atoms with Crippen molar-refractivity contribution in [3.05, 3.63) is 36.2 Å². The lowest BCUT2D eigenvalue weighted by molar-refractivity contribution is -0.119. The van der Waals surface area contributed by atoms with Gasteiger partial charge in [0.25, 0.3) is 0 Å². The number of rotatable bonds is 3. The second kappa shape index (κ2) is 6.40. The van der Waals surface area contributed by atoms with Gasteiger partial charge in [-0.1, -0.05) is 0 Å². The third-order valence-corrected chi connectivity index (χ3v) is 5.03. The monoisotopic (exact) mass is 341 g/mol. The van der Waals surface area contributed by atoms with Crippen LogP contribution in [-0.2, 0) is 11.8 Å². The summed E-state index contributed by atoms with van der Waals surface area (Å²) in [7, 11) is 3.93. The molecule has 2 aliphatic rings. The minimum absolute atomic E-state index is 0.0400. The van der Waals surface area contributed by atoms with E-state index in [4.69, 9.17) is 4.74 Å². The molecule has 1 aromatic carbocycles. The van der Waals surface area contributed by atoms with Crippen molar-refractivity contribution in [1.29, 1.82) is 0 Å². The van der Waals surface area contributed by atoms with E-state index >= 15 is 0 Å². The molecule has 2 aromatic rings. The third-order valence-electron chi connectivity index (χ3n) is 5.03. The number of aromatic nitrogens is 2. The molecule has 4 rings (SSSR count). The fourth-order valence-corrected chi connectivity index (χ4v) is 3.60. The molecule has 1 amide bonds. The van der Waals surface area contributed by atoms with Crippen LogP contribution in [0, 0.1) is 5.92 Å². The fourth-order valence-electron chi connectivity index (χ4n) is 3.60. The van der Waals surface area contributed by atoms with Crippen LogP contribution < -0.4 is 20.3 Å². The number of fused-ring (bicyclic) bond motifs is 1. The van der Waals surface area contributed by atoms with Gasteiger partial charge in [-0.3, -0.25) is 9.48 Å². The predicted molar refractivity (Wildman–Crippen MR) is 96.1 cm³/mol. The molecule has 2 atom stereocenters. The Hall–Kier alpha value is -2.54. The molecule has 0 unspecified atom stereocenters. The van der Waals surface area contributed by atoms with Gasteiger partial charge >= 0.3 is 0 Å². The number of aryl methyl sites for hydroxylation is 1. The Kier molecular flexibility index (Phi) is 4.09. The molecule has 0 saturated carbocycles. The molecular weight excluding hydrogens is 318 g/mol. The van der Waals surface area contributed by atoms with Crippen molar-refractivity contribution in [2.45, 2.75) is 5.92 Å². The molecule has 2 N–H and O–H groups in total. The van der Waals surface area contributed by atoms with Crippen molar-refractivity contribution >= 4 is 17.3 Å². The lowest BCUT2D eigenvalue weighted by Crippen LogP contribution is -2.30. The van der Waals surface area contributed by atoms with Crippen LogP contribution in [0.5, 0.6) is 5.75 Å². The Morgan fingerprint density at radius 3 is 3.04 bits per heavy atom. The van der Waals surface area contributed by atoms with Gasteiger partial charge < -0.3 is 20.3 Å². The molecule has 0 bridgehead atoms. The van der Waals surface area contributed by atoms with Gasteiger partial charge in [0.1, 0.15) is 12.4 Å². The van der Waals surface area contributed by atoms with Gasteiger partial charge in [-0.05, 0) is 23.8 Å². The summed E-state index contributed by atoms with van der Waals surface area (Å²) < 4.78 is 7.44. The minimum Gasteiger partial charge on any atom is -0.490 e. The van der Waals surface area contributed by atoms with Crippen LogP contribution in [0.25, 0.3) is 0 Å². The van der Waals surface area contributed by atoms with E-state index in [-0.39, 0.29) is 17.7 Å². The maximum Gasteiger partial charge on any atom is 0.229 e. The van der Waals surface area contributed by atoms with Gasteiger partial charge in [-0.2, -0.15) is 5.10 Å². The van der Waals surface area contributed by atoms with Crippen molar-refractivity contribution in [3.63, 3.8) is 0 Å². The molecule has 1 fully saturated rings. The first-order valence-corrected chi connectivity index (χ1v) is 8.60. The maximum absolute atomic E-state index is 12.8. The molecule has 3 heterocycles. The SMILES string of the molecule is CN1CCOc2ccc(NC(=O)[C@H]3CNC[C@@H]3c3cnn(C)c3)cc21. The van der Waals surface area contributed by atoms with E-state index in [2.05, 4.69) is 20.6 Å². The second-order valence-corrected chi connectivity index (χ2v) is 6.76. The molecule has 132 valence electrons. The number of carbonyl (C=O) groups excluding carboxylic acids is 1. The van der Waals surface area contributed by atoms with E-state index in [0.717, 1.165) is 35.8 Å². The Morgan fingerprint density at radius 2 is 2.24 bits per heavy atom. The first-order valence-electron chi connectivity index (χ1n) is 8.60. The fraction of sp³-hybridized carbons (Fsp3) is 0.444. The van der Waals surface area contributed by atoms with E-state index in [1.807, 2.05) is 44.7 Å². The molecule has 7 heteroatoms. The lowest BCUT2D eigenvalue weighted by Gasteiger charge is -2.28. The van der Waals surface area contributed by atoms with Gasteiger partial charge in [-0.15, -0.1) is 0 Å². The van der Waals surface area contributed by atoms with Gasteiger partial charge in [-0.25, -0.2) is 0 Å². The smallest absolute Gasteiger partial charge is 0.229 e. The number of hydrogen-bond acceptors (Lipinski definition) is 5. The predicted octanol–water partition coefficient (Wildman–Crippen LogP) is 1.19. The summed E-state index contributed by atoms with van der Waals surface area (Å²) in [6.45, 7) is 3.01. The maximum atomic E-state index is 12.8. The standard InChI is InChI=1S/C18H23N5O2/c1-22-5-6-25-17-4-3-13(7-16(17)22)21-18(24)15-10-19-9-14(15)12-8-20-23(2)11-12/h3-4,7-8,11,14-15,19H,5-6,9-10H2,1-2H3,(H,21,24)/t14-,15+/m1/s1. The number of likely N-dealkylation sites (N-methyl/N-ethyl adjacent to an activating group) is 1. The molecule has 1 aromatic heterocycles. The zero-order valence-corrected chi connectivity index (χ0v) is 14.5. The molecule has 0 radical (unpaired) electrons. The largest absolute Gasteiger partial charge is 0.490 e. The highest BCUT2D eigenvalue weighted by molar-refractivity contribution is 5.94. The summed E-state index contributed by atoms with van der Waals surface area (Å²) in [5, 5.41) is 10.6. The number of benzene rings is 1. The molecule has 0 spiro atoms. The minimum atomic E-state index is -0.103. The van der Waals surface area contributed by atoms with Gasteiger partial charge in [0.15, 0.2) is 0 Å². The van der Waals surface area contributed by atoms with Crippen molar-refractivity contribution in [3.8, 4) is 5.75 Å². The number of hydrogen-bond donors (Lipinski definition) is 2. The first-order chi connectivity index (χ1) is 12.1. The average molecular weight is 341 g/mol. The highest BCUT2D eigenvalue weighted by atomic mass is 16.5. The second-order valence-electron chi connectivity index (χ2n) is 6.76. The van der Waals surface area contributed by atoms with Gasteiger partial charge in [0.05, 0.1) is 24.3 Å². The van der Waals surface area contributed by atoms with E-state index in [1.165, 1.54) is 0 Å². The van der Waals surface area contributed by atoms with Crippen molar-refractivity contribution in [2.75, 3.05) is 43.5 Å². The van der Waals surface area contributed by atoms with Crippen LogP contribution in [-0.4, -0.2) is 49.0 Å². The Bertz CT molecular complexity index is 788.